The van der Waals surface area contributed by atoms with E-state index >= 15 is 0 Å². The van der Waals surface area contributed by atoms with Gasteiger partial charge in [0.2, 0.25) is 0 Å². The predicted molar refractivity (Wildman–Crippen MR) is 119 cm³/mol. The lowest BCUT2D eigenvalue weighted by atomic mass is 10.0. The van der Waals surface area contributed by atoms with Gasteiger partial charge in [-0.15, -0.1) is 0 Å². The minimum absolute atomic E-state index is 0.0399. The largest absolute Gasteiger partial charge is 0.491 e. The number of ketones is 1. The Morgan fingerprint density at radius 2 is 2.03 bits per heavy atom. The molecule has 2 aromatic heterocycles. The van der Waals surface area contributed by atoms with Crippen molar-refractivity contribution in [1.29, 1.82) is 0 Å². The normalized spacial score (nSPS) is 15.3. The minimum atomic E-state index is -0.532. The van der Waals surface area contributed by atoms with E-state index < -0.39 is 6.09 Å². The number of amides is 1. The van der Waals surface area contributed by atoms with Gasteiger partial charge in [-0.05, 0) is 37.0 Å². The zero-order valence-corrected chi connectivity index (χ0v) is 17.8. The van der Waals surface area contributed by atoms with Crippen LogP contribution in [0.4, 0.5) is 16.2 Å². The molecular weight excluding hydrogens is 408 g/mol. The van der Waals surface area contributed by atoms with Crippen molar-refractivity contribution in [3.8, 4) is 17.0 Å². The Morgan fingerprint density at radius 3 is 2.78 bits per heavy atom. The molecule has 8 heteroatoms. The smallest absolute Gasteiger partial charge is 0.410 e. The molecule has 0 spiro atoms. The van der Waals surface area contributed by atoms with Gasteiger partial charge in [-0.2, -0.15) is 0 Å². The third-order valence-corrected chi connectivity index (χ3v) is 5.74. The molecule has 1 amide bonds. The van der Waals surface area contributed by atoms with Crippen molar-refractivity contribution < 1.29 is 19.1 Å². The summed E-state index contributed by atoms with van der Waals surface area (Å²) >= 11 is 0. The van der Waals surface area contributed by atoms with E-state index in [-0.39, 0.29) is 18.9 Å². The molecule has 2 aliphatic rings. The molecule has 8 nitrogen and oxygen atoms in total. The molecule has 0 radical (unpaired) electrons. The number of nitrogens with one attached hydrogen (secondary N) is 2. The molecule has 0 unspecified atom stereocenters. The van der Waals surface area contributed by atoms with Crippen LogP contribution in [-0.2, 0) is 11.3 Å². The van der Waals surface area contributed by atoms with E-state index in [1.54, 1.807) is 12.4 Å². The van der Waals surface area contributed by atoms with Gasteiger partial charge in [-0.3, -0.25) is 14.7 Å². The summed E-state index contributed by atoms with van der Waals surface area (Å²) in [6, 6.07) is 11.5. The maximum atomic E-state index is 13.1. The predicted octanol–water partition coefficient (Wildman–Crippen LogP) is 4.37. The Kier molecular flexibility index (Phi) is 5.26. The summed E-state index contributed by atoms with van der Waals surface area (Å²) in [6.45, 7) is 0.859. The fourth-order valence-corrected chi connectivity index (χ4v) is 3.92. The lowest BCUT2D eigenvalue weighted by molar-refractivity contribution is 0.0840. The molecule has 0 saturated heterocycles. The first-order chi connectivity index (χ1) is 15.6. The number of Topliss-reactive ketones (excluding diaryl/α,β-unsaturated/α-hetero) is 1. The number of pyridine rings is 1. The van der Waals surface area contributed by atoms with Crippen LogP contribution in [0.15, 0.2) is 48.8 Å². The van der Waals surface area contributed by atoms with Crippen LogP contribution in [0.5, 0.6) is 5.75 Å². The molecule has 1 fully saturated rings. The third-order valence-electron chi connectivity index (χ3n) is 5.74. The van der Waals surface area contributed by atoms with Crippen molar-refractivity contribution in [3.05, 3.63) is 60.0 Å². The number of aromatic nitrogens is 2. The number of hydrogen-bond acceptors (Lipinski definition) is 6. The Labute approximate surface area is 185 Å². The highest BCUT2D eigenvalue weighted by molar-refractivity contribution is 6.09. The highest BCUT2D eigenvalue weighted by Gasteiger charge is 2.33. The Hall–Kier alpha value is -3.81. The summed E-state index contributed by atoms with van der Waals surface area (Å²) in [4.78, 5) is 34.2. The molecule has 1 aromatic carbocycles. The summed E-state index contributed by atoms with van der Waals surface area (Å²) in [5, 5.41) is 3.41. The number of benzene rings is 1. The monoisotopic (exact) mass is 432 g/mol. The first-order valence-electron chi connectivity index (χ1n) is 10.6. The van der Waals surface area contributed by atoms with Crippen molar-refractivity contribution >= 4 is 23.3 Å². The van der Waals surface area contributed by atoms with Crippen LogP contribution in [0, 0.1) is 5.92 Å². The van der Waals surface area contributed by atoms with Gasteiger partial charge in [-0.1, -0.05) is 18.2 Å². The molecule has 1 aliphatic carbocycles. The molecule has 3 heterocycles. The van der Waals surface area contributed by atoms with E-state index in [1.165, 1.54) is 24.9 Å². The topological polar surface area (TPSA) is 96.5 Å². The Bertz CT molecular complexity index is 1150. The van der Waals surface area contributed by atoms with Crippen LogP contribution >= 0.6 is 0 Å². The number of aromatic amines is 1. The van der Waals surface area contributed by atoms with Crippen molar-refractivity contribution in [2.75, 3.05) is 25.6 Å². The molecule has 0 atom stereocenters. The molecule has 1 saturated carbocycles. The zero-order chi connectivity index (χ0) is 22.1. The summed E-state index contributed by atoms with van der Waals surface area (Å²) in [5.41, 5.74) is 4.27. The number of hydrogen-bond donors (Lipinski definition) is 2. The molecule has 164 valence electrons. The standard InChI is InChI=1S/C24H24N4O4/c1-31-24(30)28-12-18-21(19(29)13-28)23(26-16-5-3-2-4-6-16)22(27-18)17-9-10-25-11-20(17)32-14-15-7-8-15/h2-6,9-11,15,26-27H,7-8,12-14H2,1H3. The number of H-pyrrole nitrogens is 1. The molecule has 2 N–H and O–H groups in total. The molecule has 32 heavy (non-hydrogen) atoms. The maximum absolute atomic E-state index is 13.1. The number of fused-ring (bicyclic) bond motifs is 1. The van der Waals surface area contributed by atoms with Crippen molar-refractivity contribution in [3.63, 3.8) is 0 Å². The van der Waals surface area contributed by atoms with Crippen LogP contribution in [0.1, 0.15) is 28.9 Å². The van der Waals surface area contributed by atoms with Crippen molar-refractivity contribution in [1.82, 2.24) is 14.9 Å². The highest BCUT2D eigenvalue weighted by Crippen LogP contribution is 2.41. The van der Waals surface area contributed by atoms with Gasteiger partial charge in [-0.25, -0.2) is 4.79 Å². The molecule has 5 rings (SSSR count). The van der Waals surface area contributed by atoms with E-state index in [4.69, 9.17) is 9.47 Å². The number of rotatable bonds is 6. The van der Waals surface area contributed by atoms with E-state index in [2.05, 4.69) is 15.3 Å². The maximum Gasteiger partial charge on any atom is 0.410 e. The van der Waals surface area contributed by atoms with Crippen molar-refractivity contribution in [2.45, 2.75) is 19.4 Å². The van der Waals surface area contributed by atoms with Gasteiger partial charge in [0.25, 0.3) is 0 Å². The second kappa shape index (κ2) is 8.37. The number of anilines is 2. The van der Waals surface area contributed by atoms with Gasteiger partial charge < -0.3 is 19.8 Å². The van der Waals surface area contributed by atoms with E-state index in [0.29, 0.717) is 35.2 Å². The van der Waals surface area contributed by atoms with Crippen LogP contribution in [0.25, 0.3) is 11.3 Å². The molecule has 0 bridgehead atoms. The number of nitrogens with zero attached hydrogens (tertiary/aromatic N) is 2. The molecular formula is C24H24N4O4. The summed E-state index contributed by atoms with van der Waals surface area (Å²) in [6.07, 6.45) is 5.24. The van der Waals surface area contributed by atoms with Gasteiger partial charge in [0.05, 0.1) is 49.9 Å². The SMILES string of the molecule is COC(=O)N1CC(=O)c2c([nH]c(-c3ccncc3OCC3CC3)c2Nc2ccccc2)C1. The lowest BCUT2D eigenvalue weighted by Gasteiger charge is -2.25. The fourth-order valence-electron chi connectivity index (χ4n) is 3.92. The number of para-hydroxylation sites is 1. The number of carbonyl (C=O) groups excluding carboxylic acids is 2. The second-order valence-electron chi connectivity index (χ2n) is 8.10. The van der Waals surface area contributed by atoms with Gasteiger partial charge >= 0.3 is 6.09 Å². The zero-order valence-electron chi connectivity index (χ0n) is 17.8. The molecule has 3 aromatic rings. The third kappa shape index (κ3) is 3.91. The van der Waals surface area contributed by atoms with E-state index in [9.17, 15) is 9.59 Å². The number of ether oxygens (including phenoxy) is 2. The van der Waals surface area contributed by atoms with Crippen LogP contribution in [-0.4, -0.2) is 47.0 Å². The second-order valence-corrected chi connectivity index (χ2v) is 8.10. The average molecular weight is 432 g/mol. The summed E-state index contributed by atoms with van der Waals surface area (Å²) < 4.78 is 10.9. The summed E-state index contributed by atoms with van der Waals surface area (Å²) in [5.74, 6) is 1.09. The molecule has 1 aliphatic heterocycles. The van der Waals surface area contributed by atoms with Gasteiger partial charge in [0.15, 0.2) is 5.78 Å². The quantitative estimate of drug-likeness (QED) is 0.600. The van der Waals surface area contributed by atoms with Crippen LogP contribution in [0.3, 0.4) is 0 Å². The van der Waals surface area contributed by atoms with E-state index in [0.717, 1.165) is 16.9 Å². The first-order valence-corrected chi connectivity index (χ1v) is 10.6. The van der Waals surface area contributed by atoms with Gasteiger partial charge in [0, 0.05) is 23.1 Å². The number of methoxy groups -OCH3 is 1. The van der Waals surface area contributed by atoms with Crippen molar-refractivity contribution in [2.24, 2.45) is 5.92 Å². The minimum Gasteiger partial charge on any atom is -0.491 e. The average Bonchev–Trinajstić information content (AvgIpc) is 3.58. The summed E-state index contributed by atoms with van der Waals surface area (Å²) in [7, 11) is 1.31. The van der Waals surface area contributed by atoms with Crippen LogP contribution < -0.4 is 10.1 Å². The lowest BCUT2D eigenvalue weighted by Crippen LogP contribution is -2.39. The van der Waals surface area contributed by atoms with Crippen LogP contribution in [0.2, 0.25) is 0 Å². The Morgan fingerprint density at radius 1 is 1.22 bits per heavy atom. The van der Waals surface area contributed by atoms with E-state index in [1.807, 2.05) is 36.4 Å². The fraction of sp³-hybridized carbons (Fsp3) is 0.292. The highest BCUT2D eigenvalue weighted by atomic mass is 16.5. The van der Waals surface area contributed by atoms with Gasteiger partial charge in [0.1, 0.15) is 5.75 Å². The number of carbonyl (C=O) groups is 2. The first kappa shape index (κ1) is 20.1. The Balaban J connectivity index is 1.59.